The van der Waals surface area contributed by atoms with Gasteiger partial charge in [0.2, 0.25) is 10.0 Å². The van der Waals surface area contributed by atoms with Crippen molar-refractivity contribution in [3.05, 3.63) is 29.3 Å². The molecule has 2 N–H and O–H groups in total. The zero-order chi connectivity index (χ0) is 14.6. The quantitative estimate of drug-likeness (QED) is 0.878. The summed E-state index contributed by atoms with van der Waals surface area (Å²) in [6.45, 7) is 4.89. The summed E-state index contributed by atoms with van der Waals surface area (Å²) in [4.78, 5) is 0. The molecule has 20 heavy (non-hydrogen) atoms. The Balaban J connectivity index is 1.94. The van der Waals surface area contributed by atoms with E-state index in [0.717, 1.165) is 24.1 Å². The molecule has 0 amide bonds. The molecule has 1 atom stereocenters. The second-order valence-corrected chi connectivity index (χ2v) is 7.52. The van der Waals surface area contributed by atoms with Crippen molar-refractivity contribution in [2.24, 2.45) is 0 Å². The largest absolute Gasteiger partial charge is 0.314 e. The van der Waals surface area contributed by atoms with Crippen LogP contribution >= 0.6 is 0 Å². The van der Waals surface area contributed by atoms with Gasteiger partial charge in [0, 0.05) is 6.04 Å². The van der Waals surface area contributed by atoms with Crippen LogP contribution in [0.25, 0.3) is 0 Å². The first kappa shape index (κ1) is 15.3. The van der Waals surface area contributed by atoms with E-state index in [0.29, 0.717) is 18.2 Å². The zero-order valence-electron chi connectivity index (χ0n) is 12.3. The van der Waals surface area contributed by atoms with Crippen LogP contribution in [-0.4, -0.2) is 26.8 Å². The van der Waals surface area contributed by atoms with Crippen molar-refractivity contribution in [2.45, 2.75) is 45.6 Å². The van der Waals surface area contributed by atoms with Gasteiger partial charge in [0.1, 0.15) is 0 Å². The van der Waals surface area contributed by atoms with Crippen LogP contribution in [0.15, 0.2) is 18.2 Å². The Morgan fingerprint density at radius 2 is 2.10 bits per heavy atom. The van der Waals surface area contributed by atoms with Gasteiger partial charge in [-0.05, 0) is 56.8 Å². The van der Waals surface area contributed by atoms with Gasteiger partial charge in [0.05, 0.1) is 11.4 Å². The molecule has 0 radical (unpaired) electrons. The molecule has 1 aromatic rings. The monoisotopic (exact) mass is 296 g/mol. The summed E-state index contributed by atoms with van der Waals surface area (Å²) in [6.07, 6.45) is 4.16. The van der Waals surface area contributed by atoms with E-state index >= 15 is 0 Å². The molecular weight excluding hydrogens is 272 g/mol. The van der Waals surface area contributed by atoms with Gasteiger partial charge in [0.25, 0.3) is 0 Å². The van der Waals surface area contributed by atoms with E-state index in [-0.39, 0.29) is 5.75 Å². The van der Waals surface area contributed by atoms with Gasteiger partial charge in [-0.2, -0.15) is 0 Å². The first-order chi connectivity index (χ1) is 9.46. The lowest BCUT2D eigenvalue weighted by Crippen LogP contribution is -2.36. The number of piperidine rings is 1. The van der Waals surface area contributed by atoms with Crippen LogP contribution in [0.5, 0.6) is 0 Å². The highest BCUT2D eigenvalue weighted by Gasteiger charge is 2.18. The number of hydrogen-bond donors (Lipinski definition) is 2. The van der Waals surface area contributed by atoms with Gasteiger partial charge in [-0.15, -0.1) is 0 Å². The molecule has 0 saturated carbocycles. The molecule has 0 spiro atoms. The summed E-state index contributed by atoms with van der Waals surface area (Å²) in [5.41, 5.74) is 2.71. The fourth-order valence-electron chi connectivity index (χ4n) is 2.53. The summed E-state index contributed by atoms with van der Waals surface area (Å²) in [5.74, 6) is 0.179. The Bertz CT molecular complexity index is 549. The summed E-state index contributed by atoms with van der Waals surface area (Å²) >= 11 is 0. The van der Waals surface area contributed by atoms with E-state index in [2.05, 4.69) is 10.0 Å². The predicted octanol–water partition coefficient (Wildman–Crippen LogP) is 2.58. The molecule has 0 aliphatic carbocycles. The van der Waals surface area contributed by atoms with Crippen LogP contribution in [0.1, 0.15) is 36.8 Å². The van der Waals surface area contributed by atoms with Crippen molar-refractivity contribution in [3.63, 3.8) is 0 Å². The van der Waals surface area contributed by atoms with Crippen molar-refractivity contribution in [2.75, 3.05) is 17.0 Å². The Kier molecular flexibility index (Phi) is 5.05. The van der Waals surface area contributed by atoms with Crippen LogP contribution in [0.3, 0.4) is 0 Å². The van der Waals surface area contributed by atoms with Crippen LogP contribution in [-0.2, 0) is 10.0 Å². The lowest BCUT2D eigenvalue weighted by atomic mass is 10.0. The minimum absolute atomic E-state index is 0.179. The highest BCUT2D eigenvalue weighted by molar-refractivity contribution is 7.92. The second kappa shape index (κ2) is 6.59. The molecule has 5 heteroatoms. The third kappa shape index (κ3) is 4.49. The zero-order valence-corrected chi connectivity index (χ0v) is 13.1. The summed E-state index contributed by atoms with van der Waals surface area (Å²) in [7, 11) is -3.26. The normalized spacial score (nSPS) is 19.8. The standard InChI is InChI=1S/C15H24N2O2S/c1-12-6-7-13(2)15(11-12)17-20(18,19)10-8-14-5-3-4-9-16-14/h6-7,11,14,16-17H,3-5,8-10H2,1-2H3. The average Bonchev–Trinajstić information content (AvgIpc) is 2.42. The van der Waals surface area contributed by atoms with E-state index < -0.39 is 10.0 Å². The maximum absolute atomic E-state index is 12.2. The molecule has 1 saturated heterocycles. The van der Waals surface area contributed by atoms with Gasteiger partial charge in [0.15, 0.2) is 0 Å². The van der Waals surface area contributed by atoms with Crippen molar-refractivity contribution in [3.8, 4) is 0 Å². The topological polar surface area (TPSA) is 58.2 Å². The van der Waals surface area contributed by atoms with Gasteiger partial charge < -0.3 is 5.32 Å². The number of rotatable bonds is 5. The van der Waals surface area contributed by atoms with E-state index in [9.17, 15) is 8.42 Å². The van der Waals surface area contributed by atoms with Crippen LogP contribution in [0, 0.1) is 13.8 Å². The molecule has 1 aromatic carbocycles. The van der Waals surface area contributed by atoms with Crippen molar-refractivity contribution in [1.29, 1.82) is 0 Å². The molecule has 1 fully saturated rings. The minimum Gasteiger partial charge on any atom is -0.314 e. The average molecular weight is 296 g/mol. The molecular formula is C15H24N2O2S. The lowest BCUT2D eigenvalue weighted by molar-refractivity contribution is 0.393. The highest BCUT2D eigenvalue weighted by atomic mass is 32.2. The van der Waals surface area contributed by atoms with Crippen LogP contribution in [0.4, 0.5) is 5.69 Å². The fraction of sp³-hybridized carbons (Fsp3) is 0.600. The molecule has 2 rings (SSSR count). The molecule has 1 aliphatic heterocycles. The first-order valence-corrected chi connectivity index (χ1v) is 8.93. The molecule has 1 unspecified atom stereocenters. The number of sulfonamides is 1. The third-order valence-electron chi connectivity index (χ3n) is 3.81. The summed E-state index contributed by atoms with van der Waals surface area (Å²) < 4.78 is 27.0. The maximum atomic E-state index is 12.2. The van der Waals surface area contributed by atoms with E-state index in [4.69, 9.17) is 0 Å². The molecule has 1 heterocycles. The second-order valence-electron chi connectivity index (χ2n) is 5.67. The highest BCUT2D eigenvalue weighted by Crippen LogP contribution is 2.19. The third-order valence-corrected chi connectivity index (χ3v) is 5.11. The number of hydrogen-bond acceptors (Lipinski definition) is 3. The molecule has 112 valence electrons. The fourth-order valence-corrected chi connectivity index (χ4v) is 3.78. The van der Waals surface area contributed by atoms with Crippen molar-refractivity contribution >= 4 is 15.7 Å². The smallest absolute Gasteiger partial charge is 0.232 e. The van der Waals surface area contributed by atoms with Crippen LogP contribution in [0.2, 0.25) is 0 Å². The van der Waals surface area contributed by atoms with E-state index in [1.54, 1.807) is 0 Å². The summed E-state index contributed by atoms with van der Waals surface area (Å²) in [5, 5.41) is 3.38. The minimum atomic E-state index is -3.26. The Morgan fingerprint density at radius 1 is 1.30 bits per heavy atom. The predicted molar refractivity (Wildman–Crippen MR) is 83.6 cm³/mol. The van der Waals surface area contributed by atoms with Crippen LogP contribution < -0.4 is 10.0 Å². The molecule has 0 bridgehead atoms. The Labute approximate surface area is 122 Å². The summed E-state index contributed by atoms with van der Waals surface area (Å²) in [6, 6.07) is 6.15. The number of aryl methyl sites for hydroxylation is 2. The van der Waals surface area contributed by atoms with Gasteiger partial charge in [-0.3, -0.25) is 4.72 Å². The molecule has 0 aromatic heterocycles. The van der Waals surface area contributed by atoms with Gasteiger partial charge >= 0.3 is 0 Å². The number of anilines is 1. The van der Waals surface area contributed by atoms with E-state index in [1.165, 1.54) is 12.8 Å². The number of nitrogens with one attached hydrogen (secondary N) is 2. The molecule has 1 aliphatic rings. The van der Waals surface area contributed by atoms with Gasteiger partial charge in [-0.1, -0.05) is 18.6 Å². The molecule has 4 nitrogen and oxygen atoms in total. The van der Waals surface area contributed by atoms with Gasteiger partial charge in [-0.25, -0.2) is 8.42 Å². The maximum Gasteiger partial charge on any atom is 0.232 e. The van der Waals surface area contributed by atoms with Crippen molar-refractivity contribution in [1.82, 2.24) is 5.32 Å². The lowest BCUT2D eigenvalue weighted by Gasteiger charge is -2.23. The first-order valence-electron chi connectivity index (χ1n) is 7.27. The van der Waals surface area contributed by atoms with E-state index in [1.807, 2.05) is 32.0 Å². The SMILES string of the molecule is Cc1ccc(C)c(NS(=O)(=O)CCC2CCCCN2)c1. The Hall–Kier alpha value is -1.07. The Morgan fingerprint density at radius 3 is 2.80 bits per heavy atom. The number of benzene rings is 1. The van der Waals surface area contributed by atoms with Crippen molar-refractivity contribution < 1.29 is 8.42 Å².